The summed E-state index contributed by atoms with van der Waals surface area (Å²) in [5.74, 6) is 3.37. The van der Waals surface area contributed by atoms with E-state index in [1.54, 1.807) is 12.3 Å². The van der Waals surface area contributed by atoms with Gasteiger partial charge < -0.3 is 9.42 Å². The Morgan fingerprint density at radius 3 is 2.49 bits per heavy atom. The minimum atomic E-state index is 0.308. The molecular formula is C31H47ClN4O. The lowest BCUT2D eigenvalue weighted by atomic mass is 9.86. The number of aryl methyl sites for hydroxylation is 1. The van der Waals surface area contributed by atoms with Gasteiger partial charge in [0.2, 0.25) is 0 Å². The number of allylic oxidation sites excluding steroid dienone is 1. The molecular weight excluding hydrogens is 480 g/mol. The molecule has 1 aromatic carbocycles. The maximum absolute atomic E-state index is 6.32. The van der Waals surface area contributed by atoms with Crippen LogP contribution in [0.3, 0.4) is 0 Å². The van der Waals surface area contributed by atoms with Crippen molar-refractivity contribution >= 4 is 23.1 Å². The third-order valence-electron chi connectivity index (χ3n) is 7.78. The van der Waals surface area contributed by atoms with Crippen LogP contribution in [0.2, 0.25) is 5.02 Å². The van der Waals surface area contributed by atoms with Crippen molar-refractivity contribution in [2.75, 3.05) is 18.5 Å². The van der Waals surface area contributed by atoms with Crippen molar-refractivity contribution in [3.63, 3.8) is 0 Å². The molecule has 2 unspecified atom stereocenters. The van der Waals surface area contributed by atoms with E-state index in [1.165, 1.54) is 49.8 Å². The van der Waals surface area contributed by atoms with E-state index in [2.05, 4.69) is 78.5 Å². The first-order valence-corrected chi connectivity index (χ1v) is 14.5. The highest BCUT2D eigenvalue weighted by atomic mass is 35.5. The average Bonchev–Trinajstić information content (AvgIpc) is 3.32. The Labute approximate surface area is 230 Å². The molecule has 4 rings (SSSR count). The van der Waals surface area contributed by atoms with Crippen molar-refractivity contribution < 1.29 is 4.52 Å². The number of nitrogens with zero attached hydrogens (tertiary/aromatic N) is 4. The summed E-state index contributed by atoms with van der Waals surface area (Å²) in [6.07, 6.45) is 15.9. The Balaban J connectivity index is 0.000000555. The molecule has 0 amide bonds. The molecule has 1 aliphatic carbocycles. The molecule has 0 spiro atoms. The molecule has 5 nitrogen and oxygen atoms in total. The van der Waals surface area contributed by atoms with Crippen molar-refractivity contribution in [3.05, 3.63) is 59.0 Å². The first-order valence-electron chi connectivity index (χ1n) is 14.1. The lowest BCUT2D eigenvalue weighted by Gasteiger charge is -2.27. The molecule has 2 aromatic rings. The maximum atomic E-state index is 6.32. The molecule has 6 heteroatoms. The molecule has 0 N–H and O–H groups in total. The molecule has 1 fully saturated rings. The van der Waals surface area contributed by atoms with Crippen LogP contribution in [-0.2, 0) is 6.54 Å². The SMILES string of the molecule is CCC(N=C1CN(C(C)C)Cc2cc(Cl)ccc2N1C)C(C)/C=C\CC1CCCCC1.Cc1ccno1. The Morgan fingerprint density at radius 2 is 1.89 bits per heavy atom. The molecule has 204 valence electrons. The fourth-order valence-corrected chi connectivity index (χ4v) is 5.48. The smallest absolute Gasteiger partial charge is 0.133 e. The number of aromatic nitrogens is 1. The van der Waals surface area contributed by atoms with Gasteiger partial charge in [0.15, 0.2) is 0 Å². The number of anilines is 1. The largest absolute Gasteiger partial charge is 0.362 e. The predicted molar refractivity (Wildman–Crippen MR) is 158 cm³/mol. The Hall–Kier alpha value is -2.11. The molecule has 0 saturated heterocycles. The number of hydrogen-bond donors (Lipinski definition) is 0. The first-order chi connectivity index (χ1) is 17.8. The van der Waals surface area contributed by atoms with Crippen molar-refractivity contribution in [1.82, 2.24) is 10.1 Å². The van der Waals surface area contributed by atoms with E-state index >= 15 is 0 Å². The number of fused-ring (bicyclic) bond motifs is 1. The molecule has 0 radical (unpaired) electrons. The standard InChI is InChI=1S/C27H42ClN3.C4H5NO/c1-6-25(21(4)11-10-14-22-12-8-7-9-13-22)29-27-19-31(20(2)3)18-23-17-24(28)15-16-26(23)30(27)5;1-4-2-3-5-6-4/h10-11,15-17,20-22,25H,6-9,12-14,18-19H2,1-5H3;2-3H,1H3/b11-10-,29-27?;. The molecule has 2 heterocycles. The first kappa shape index (κ1) is 29.4. The van der Waals surface area contributed by atoms with Gasteiger partial charge in [-0.2, -0.15) is 0 Å². The number of benzene rings is 1. The zero-order chi connectivity index (χ0) is 26.8. The monoisotopic (exact) mass is 526 g/mol. The second kappa shape index (κ2) is 14.7. The third-order valence-corrected chi connectivity index (χ3v) is 8.01. The summed E-state index contributed by atoms with van der Waals surface area (Å²) in [6.45, 7) is 12.8. The molecule has 2 atom stereocenters. The van der Waals surface area contributed by atoms with Gasteiger partial charge in [-0.15, -0.1) is 0 Å². The third kappa shape index (κ3) is 9.00. The molecule has 37 heavy (non-hydrogen) atoms. The van der Waals surface area contributed by atoms with Crippen molar-refractivity contribution in [2.24, 2.45) is 16.8 Å². The fourth-order valence-electron chi connectivity index (χ4n) is 5.29. The lowest BCUT2D eigenvalue weighted by molar-refractivity contribution is 0.246. The predicted octanol–water partition coefficient (Wildman–Crippen LogP) is 8.32. The second-order valence-electron chi connectivity index (χ2n) is 11.0. The van der Waals surface area contributed by atoms with Crippen LogP contribution in [0.5, 0.6) is 0 Å². The molecule has 1 aliphatic heterocycles. The van der Waals surface area contributed by atoms with E-state index in [4.69, 9.17) is 16.6 Å². The van der Waals surface area contributed by atoms with Crippen LogP contribution in [0.1, 0.15) is 84.0 Å². The van der Waals surface area contributed by atoms with E-state index in [9.17, 15) is 0 Å². The van der Waals surface area contributed by atoms with Crippen LogP contribution in [0, 0.1) is 18.8 Å². The van der Waals surface area contributed by atoms with Crippen LogP contribution < -0.4 is 4.90 Å². The van der Waals surface area contributed by atoms with Gasteiger partial charge in [0, 0.05) is 36.4 Å². The average molecular weight is 527 g/mol. The minimum absolute atomic E-state index is 0.308. The normalized spacial score (nSPS) is 20.0. The van der Waals surface area contributed by atoms with Gasteiger partial charge in [0.05, 0.1) is 18.8 Å². The summed E-state index contributed by atoms with van der Waals surface area (Å²) in [5, 5.41) is 4.25. The summed E-state index contributed by atoms with van der Waals surface area (Å²) < 4.78 is 4.58. The number of aliphatic imine (C=N–C) groups is 1. The van der Waals surface area contributed by atoms with Gasteiger partial charge in [-0.3, -0.25) is 9.89 Å². The van der Waals surface area contributed by atoms with Gasteiger partial charge in [0.1, 0.15) is 11.6 Å². The fraction of sp³-hybridized carbons (Fsp3) is 0.613. The van der Waals surface area contributed by atoms with E-state index in [0.29, 0.717) is 18.0 Å². The zero-order valence-electron chi connectivity index (χ0n) is 23.8. The van der Waals surface area contributed by atoms with E-state index in [1.807, 2.05) is 13.0 Å². The van der Waals surface area contributed by atoms with Gasteiger partial charge in [-0.1, -0.05) is 74.9 Å². The summed E-state index contributed by atoms with van der Waals surface area (Å²) >= 11 is 6.32. The van der Waals surface area contributed by atoms with Crippen LogP contribution in [0.25, 0.3) is 0 Å². The molecule has 1 aromatic heterocycles. The van der Waals surface area contributed by atoms with Crippen LogP contribution in [0.4, 0.5) is 5.69 Å². The van der Waals surface area contributed by atoms with Crippen LogP contribution >= 0.6 is 11.6 Å². The van der Waals surface area contributed by atoms with Crippen molar-refractivity contribution in [2.45, 2.75) is 98.2 Å². The maximum Gasteiger partial charge on any atom is 0.133 e. The van der Waals surface area contributed by atoms with Crippen LogP contribution in [0.15, 0.2) is 52.1 Å². The van der Waals surface area contributed by atoms with Crippen molar-refractivity contribution in [3.8, 4) is 0 Å². The Kier molecular flexibility index (Phi) is 11.7. The number of likely N-dealkylation sites (N-methyl/N-ethyl adjacent to an activating group) is 1. The second-order valence-corrected chi connectivity index (χ2v) is 11.4. The zero-order valence-corrected chi connectivity index (χ0v) is 24.5. The van der Waals surface area contributed by atoms with E-state index < -0.39 is 0 Å². The minimum Gasteiger partial charge on any atom is -0.362 e. The molecule has 1 saturated carbocycles. The van der Waals surface area contributed by atoms with Crippen molar-refractivity contribution in [1.29, 1.82) is 0 Å². The van der Waals surface area contributed by atoms with E-state index in [-0.39, 0.29) is 0 Å². The number of halogens is 1. The van der Waals surface area contributed by atoms with E-state index in [0.717, 1.165) is 42.0 Å². The summed E-state index contributed by atoms with van der Waals surface area (Å²) in [7, 11) is 2.16. The number of amidine groups is 1. The van der Waals surface area contributed by atoms with Crippen LogP contribution in [-0.4, -0.2) is 41.6 Å². The number of hydrogen-bond acceptors (Lipinski definition) is 4. The van der Waals surface area contributed by atoms with Gasteiger partial charge in [-0.05, 0) is 69.2 Å². The highest BCUT2D eigenvalue weighted by Gasteiger charge is 2.25. The summed E-state index contributed by atoms with van der Waals surface area (Å²) in [6, 6.07) is 8.82. The quantitative estimate of drug-likeness (QED) is 0.340. The summed E-state index contributed by atoms with van der Waals surface area (Å²) in [5.41, 5.74) is 2.50. The Morgan fingerprint density at radius 1 is 1.14 bits per heavy atom. The molecule has 0 bridgehead atoms. The highest BCUT2D eigenvalue weighted by molar-refractivity contribution is 6.30. The highest BCUT2D eigenvalue weighted by Crippen LogP contribution is 2.30. The number of rotatable bonds is 7. The topological polar surface area (TPSA) is 44.9 Å². The van der Waals surface area contributed by atoms with Gasteiger partial charge >= 0.3 is 0 Å². The summed E-state index contributed by atoms with van der Waals surface area (Å²) in [4.78, 5) is 10.1. The molecule has 2 aliphatic rings. The van der Waals surface area contributed by atoms with Gasteiger partial charge in [0.25, 0.3) is 0 Å². The van der Waals surface area contributed by atoms with Gasteiger partial charge in [-0.25, -0.2) is 0 Å². The lowest BCUT2D eigenvalue weighted by Crippen LogP contribution is -2.39. The Bertz CT molecular complexity index is 995.